The van der Waals surface area contributed by atoms with Gasteiger partial charge in [-0.15, -0.1) is 0 Å². The first-order chi connectivity index (χ1) is 8.60. The molecular weight excluding hydrogens is 226 g/mol. The monoisotopic (exact) mass is 251 g/mol. The number of aliphatic hydroxyl groups excluding tert-OH is 1. The lowest BCUT2D eigenvalue weighted by Gasteiger charge is -2.33. The number of aromatic nitrogens is 2. The van der Waals surface area contributed by atoms with Gasteiger partial charge in [-0.2, -0.15) is 5.10 Å². The normalized spacial score (nSPS) is 27.3. The van der Waals surface area contributed by atoms with Gasteiger partial charge in [-0.1, -0.05) is 13.8 Å². The number of hydrogen-bond acceptors (Lipinski definition) is 3. The third-order valence-electron chi connectivity index (χ3n) is 4.04. The van der Waals surface area contributed by atoms with Crippen LogP contribution >= 0.6 is 0 Å². The largest absolute Gasteiger partial charge is 0.393 e. The van der Waals surface area contributed by atoms with Crippen molar-refractivity contribution in [3.8, 4) is 0 Å². The lowest BCUT2D eigenvalue weighted by atomic mass is 9.97. The van der Waals surface area contributed by atoms with Crippen LogP contribution in [0.5, 0.6) is 0 Å². The predicted molar refractivity (Wildman–Crippen MR) is 72.3 cm³/mol. The molecule has 4 heteroatoms. The molecule has 1 fully saturated rings. The van der Waals surface area contributed by atoms with E-state index in [1.54, 1.807) is 0 Å². The smallest absolute Gasteiger partial charge is 0.0764 e. The summed E-state index contributed by atoms with van der Waals surface area (Å²) >= 11 is 0. The summed E-state index contributed by atoms with van der Waals surface area (Å²) in [6, 6.07) is 2.59. The van der Waals surface area contributed by atoms with E-state index in [2.05, 4.69) is 47.7 Å². The lowest BCUT2D eigenvalue weighted by molar-refractivity contribution is 0.0315. The molecule has 0 aliphatic carbocycles. The molecule has 0 spiro atoms. The van der Waals surface area contributed by atoms with E-state index in [4.69, 9.17) is 0 Å². The molecule has 3 unspecified atom stereocenters. The minimum absolute atomic E-state index is 0.126. The van der Waals surface area contributed by atoms with Gasteiger partial charge >= 0.3 is 0 Å². The molecule has 1 aromatic rings. The maximum atomic E-state index is 9.72. The topological polar surface area (TPSA) is 41.3 Å². The zero-order valence-electron chi connectivity index (χ0n) is 11.7. The Bertz CT molecular complexity index is 377. The van der Waals surface area contributed by atoms with Crippen LogP contribution in [0, 0.1) is 5.92 Å². The summed E-state index contributed by atoms with van der Waals surface area (Å²) in [5, 5.41) is 14.4. The second-order valence-corrected chi connectivity index (χ2v) is 5.61. The summed E-state index contributed by atoms with van der Waals surface area (Å²) in [5.41, 5.74) is 1.14. The van der Waals surface area contributed by atoms with Gasteiger partial charge in [0.15, 0.2) is 0 Å². The Labute approximate surface area is 110 Å². The summed E-state index contributed by atoms with van der Waals surface area (Å²) in [7, 11) is 0. The first-order valence-electron chi connectivity index (χ1n) is 7.04. The average Bonchev–Trinajstić information content (AvgIpc) is 2.81. The van der Waals surface area contributed by atoms with Gasteiger partial charge in [0.1, 0.15) is 0 Å². The molecular formula is C14H25N3O. The van der Waals surface area contributed by atoms with Crippen LogP contribution in [0.2, 0.25) is 0 Å². The van der Waals surface area contributed by atoms with Crippen molar-refractivity contribution in [3.05, 3.63) is 18.0 Å². The van der Waals surface area contributed by atoms with Crippen molar-refractivity contribution in [2.45, 2.75) is 52.3 Å². The molecule has 0 aromatic carbocycles. The molecule has 3 atom stereocenters. The Morgan fingerprint density at radius 2 is 2.33 bits per heavy atom. The predicted octanol–water partition coefficient (Wildman–Crippen LogP) is 2.06. The highest BCUT2D eigenvalue weighted by Gasteiger charge is 2.24. The summed E-state index contributed by atoms with van der Waals surface area (Å²) in [6.45, 7) is 9.34. The molecule has 0 bridgehead atoms. The van der Waals surface area contributed by atoms with E-state index in [0.717, 1.165) is 38.2 Å². The molecule has 1 aromatic heterocycles. The summed E-state index contributed by atoms with van der Waals surface area (Å²) in [5.74, 6) is 0.371. The zero-order valence-corrected chi connectivity index (χ0v) is 11.7. The van der Waals surface area contributed by atoms with Gasteiger partial charge in [-0.3, -0.25) is 9.58 Å². The van der Waals surface area contributed by atoms with E-state index in [1.807, 2.05) is 0 Å². The van der Waals surface area contributed by atoms with Crippen LogP contribution < -0.4 is 0 Å². The SMILES string of the molecule is CCC(C)n1ccc(CN2CCC(O)C(C)C2)n1. The Kier molecular flexibility index (Phi) is 4.40. The maximum Gasteiger partial charge on any atom is 0.0764 e. The van der Waals surface area contributed by atoms with Crippen LogP contribution in [-0.4, -0.2) is 39.0 Å². The lowest BCUT2D eigenvalue weighted by Crippen LogP contribution is -2.41. The van der Waals surface area contributed by atoms with Crippen LogP contribution in [0.15, 0.2) is 12.3 Å². The van der Waals surface area contributed by atoms with Crippen molar-refractivity contribution >= 4 is 0 Å². The standard InChI is InChI=1S/C14H25N3O/c1-4-12(3)17-8-5-13(15-17)10-16-7-6-14(18)11(2)9-16/h5,8,11-12,14,18H,4,6-7,9-10H2,1-3H3. The average molecular weight is 251 g/mol. The van der Waals surface area contributed by atoms with Crippen LogP contribution in [0.3, 0.4) is 0 Å². The van der Waals surface area contributed by atoms with Crippen molar-refractivity contribution < 1.29 is 5.11 Å². The molecule has 2 heterocycles. The maximum absolute atomic E-state index is 9.72. The van der Waals surface area contributed by atoms with Crippen LogP contribution in [-0.2, 0) is 6.54 Å². The molecule has 0 saturated carbocycles. The minimum atomic E-state index is -0.126. The third-order valence-corrected chi connectivity index (χ3v) is 4.04. The van der Waals surface area contributed by atoms with Crippen molar-refractivity contribution in [1.82, 2.24) is 14.7 Å². The van der Waals surface area contributed by atoms with Gasteiger partial charge in [0.25, 0.3) is 0 Å². The van der Waals surface area contributed by atoms with Gasteiger partial charge in [0.2, 0.25) is 0 Å². The van der Waals surface area contributed by atoms with E-state index in [-0.39, 0.29) is 6.10 Å². The number of hydrogen-bond donors (Lipinski definition) is 1. The van der Waals surface area contributed by atoms with Gasteiger partial charge in [0, 0.05) is 31.9 Å². The second kappa shape index (κ2) is 5.85. The van der Waals surface area contributed by atoms with E-state index < -0.39 is 0 Å². The first-order valence-corrected chi connectivity index (χ1v) is 7.04. The summed E-state index contributed by atoms with van der Waals surface area (Å²) in [6.07, 6.45) is 3.94. The van der Waals surface area contributed by atoms with Crippen LogP contribution in [0.25, 0.3) is 0 Å². The molecule has 18 heavy (non-hydrogen) atoms. The highest BCUT2D eigenvalue weighted by Crippen LogP contribution is 2.18. The molecule has 1 aliphatic heterocycles. The molecule has 4 nitrogen and oxygen atoms in total. The molecule has 1 saturated heterocycles. The second-order valence-electron chi connectivity index (χ2n) is 5.61. The van der Waals surface area contributed by atoms with Gasteiger partial charge in [-0.25, -0.2) is 0 Å². The Morgan fingerprint density at radius 3 is 3.00 bits per heavy atom. The number of aliphatic hydroxyl groups is 1. The van der Waals surface area contributed by atoms with E-state index in [1.165, 1.54) is 0 Å². The van der Waals surface area contributed by atoms with Crippen molar-refractivity contribution in [2.75, 3.05) is 13.1 Å². The van der Waals surface area contributed by atoms with Crippen LogP contribution in [0.4, 0.5) is 0 Å². The number of rotatable bonds is 4. The van der Waals surface area contributed by atoms with Crippen LogP contribution in [0.1, 0.15) is 45.3 Å². The number of piperidine rings is 1. The third kappa shape index (κ3) is 3.12. The van der Waals surface area contributed by atoms with Crippen molar-refractivity contribution in [2.24, 2.45) is 5.92 Å². The molecule has 0 radical (unpaired) electrons. The fraction of sp³-hybridized carbons (Fsp3) is 0.786. The summed E-state index contributed by atoms with van der Waals surface area (Å²) in [4.78, 5) is 2.39. The van der Waals surface area contributed by atoms with Crippen molar-refractivity contribution in [1.29, 1.82) is 0 Å². The molecule has 2 rings (SSSR count). The fourth-order valence-corrected chi connectivity index (χ4v) is 2.49. The zero-order chi connectivity index (χ0) is 13.1. The first kappa shape index (κ1) is 13.6. The Balaban J connectivity index is 1.91. The minimum Gasteiger partial charge on any atom is -0.393 e. The number of likely N-dealkylation sites (tertiary alicyclic amines) is 1. The van der Waals surface area contributed by atoms with E-state index in [9.17, 15) is 5.11 Å². The Hall–Kier alpha value is -0.870. The van der Waals surface area contributed by atoms with Crippen molar-refractivity contribution in [3.63, 3.8) is 0 Å². The Morgan fingerprint density at radius 1 is 1.56 bits per heavy atom. The number of nitrogens with zero attached hydrogens (tertiary/aromatic N) is 3. The van der Waals surface area contributed by atoms with Gasteiger partial charge in [-0.05, 0) is 31.7 Å². The quantitative estimate of drug-likeness (QED) is 0.890. The van der Waals surface area contributed by atoms with Gasteiger partial charge < -0.3 is 5.11 Å². The highest BCUT2D eigenvalue weighted by molar-refractivity contribution is 5.00. The van der Waals surface area contributed by atoms with E-state index >= 15 is 0 Å². The molecule has 1 N–H and O–H groups in total. The highest BCUT2D eigenvalue weighted by atomic mass is 16.3. The fourth-order valence-electron chi connectivity index (χ4n) is 2.49. The molecule has 102 valence electrons. The molecule has 1 aliphatic rings. The van der Waals surface area contributed by atoms with E-state index in [0.29, 0.717) is 12.0 Å². The van der Waals surface area contributed by atoms with Gasteiger partial charge in [0.05, 0.1) is 11.8 Å². The summed E-state index contributed by atoms with van der Waals surface area (Å²) < 4.78 is 2.05. The molecule has 0 amide bonds.